The number of amides is 1. The van der Waals surface area contributed by atoms with Crippen molar-refractivity contribution >= 4 is 5.91 Å². The molecule has 0 fully saturated rings. The van der Waals surface area contributed by atoms with Crippen LogP contribution in [0.5, 0.6) is 0 Å². The van der Waals surface area contributed by atoms with Gasteiger partial charge in [0, 0.05) is 18.5 Å². The minimum Gasteiger partial charge on any atom is -0.353 e. The summed E-state index contributed by atoms with van der Waals surface area (Å²) < 4.78 is 0. The lowest BCUT2D eigenvalue weighted by Gasteiger charge is -2.19. The molecule has 0 saturated carbocycles. The highest BCUT2D eigenvalue weighted by atomic mass is 16.1. The fraction of sp³-hybridized carbons (Fsp3) is 0.917. The Labute approximate surface area is 93.8 Å². The molecule has 0 aromatic rings. The van der Waals surface area contributed by atoms with Crippen molar-refractivity contribution in [2.24, 2.45) is 11.7 Å². The van der Waals surface area contributed by atoms with Crippen molar-refractivity contribution < 1.29 is 4.79 Å². The van der Waals surface area contributed by atoms with Crippen LogP contribution in [-0.4, -0.2) is 18.5 Å². The van der Waals surface area contributed by atoms with Gasteiger partial charge in [-0.2, -0.15) is 0 Å². The van der Waals surface area contributed by atoms with E-state index in [0.29, 0.717) is 12.6 Å². The van der Waals surface area contributed by atoms with Crippen LogP contribution in [0.1, 0.15) is 52.9 Å². The molecule has 0 spiro atoms. The van der Waals surface area contributed by atoms with Gasteiger partial charge in [0.15, 0.2) is 0 Å². The fourth-order valence-electron chi connectivity index (χ4n) is 1.54. The number of rotatable bonds is 8. The van der Waals surface area contributed by atoms with Gasteiger partial charge in [-0.15, -0.1) is 0 Å². The van der Waals surface area contributed by atoms with Crippen LogP contribution in [0.15, 0.2) is 0 Å². The summed E-state index contributed by atoms with van der Waals surface area (Å²) in [7, 11) is 0. The zero-order valence-corrected chi connectivity index (χ0v) is 10.4. The van der Waals surface area contributed by atoms with Gasteiger partial charge in [-0.3, -0.25) is 4.79 Å². The summed E-state index contributed by atoms with van der Waals surface area (Å²) in [5.74, 6) is 0.0398. The first-order valence-corrected chi connectivity index (χ1v) is 6.16. The molecular formula is C12H26N2O. The Morgan fingerprint density at radius 1 is 1.27 bits per heavy atom. The van der Waals surface area contributed by atoms with Crippen molar-refractivity contribution in [3.8, 4) is 0 Å². The first-order valence-electron chi connectivity index (χ1n) is 6.16. The summed E-state index contributed by atoms with van der Waals surface area (Å²) in [4.78, 5) is 11.6. The number of carbonyl (C=O) groups excluding carboxylic acids is 1. The molecule has 0 aromatic carbocycles. The third-order valence-corrected chi connectivity index (χ3v) is 2.69. The molecule has 0 heterocycles. The summed E-state index contributed by atoms with van der Waals surface area (Å²) in [5, 5.41) is 3.08. The monoisotopic (exact) mass is 214 g/mol. The quantitative estimate of drug-likeness (QED) is 0.650. The first-order chi connectivity index (χ1) is 7.15. The van der Waals surface area contributed by atoms with E-state index in [2.05, 4.69) is 19.2 Å². The predicted octanol–water partition coefficient (Wildman–Crippen LogP) is 2.06. The van der Waals surface area contributed by atoms with Crippen LogP contribution in [0.25, 0.3) is 0 Å². The molecule has 3 heteroatoms. The van der Waals surface area contributed by atoms with Gasteiger partial charge in [-0.05, 0) is 12.8 Å². The van der Waals surface area contributed by atoms with Crippen molar-refractivity contribution in [3.63, 3.8) is 0 Å². The standard InChI is InChI=1S/C12H26N2O/c1-4-6-8-11(7-5-2)14-12(15)10(3)9-13/h10-11H,4-9,13H2,1-3H3,(H,14,15). The number of unbranched alkanes of at least 4 members (excludes halogenated alkanes) is 1. The summed E-state index contributed by atoms with van der Waals surface area (Å²) in [6.45, 7) is 6.63. The summed E-state index contributed by atoms with van der Waals surface area (Å²) in [6.07, 6.45) is 5.65. The van der Waals surface area contributed by atoms with E-state index >= 15 is 0 Å². The van der Waals surface area contributed by atoms with Crippen LogP contribution in [0.3, 0.4) is 0 Å². The molecule has 1 amide bonds. The van der Waals surface area contributed by atoms with Gasteiger partial charge in [0.1, 0.15) is 0 Å². The molecule has 2 unspecified atom stereocenters. The van der Waals surface area contributed by atoms with E-state index in [-0.39, 0.29) is 11.8 Å². The van der Waals surface area contributed by atoms with Gasteiger partial charge in [-0.25, -0.2) is 0 Å². The van der Waals surface area contributed by atoms with Crippen LogP contribution in [-0.2, 0) is 4.79 Å². The largest absolute Gasteiger partial charge is 0.353 e. The van der Waals surface area contributed by atoms with E-state index in [1.807, 2.05) is 6.92 Å². The molecule has 0 radical (unpaired) electrons. The highest BCUT2D eigenvalue weighted by Gasteiger charge is 2.15. The molecule has 0 saturated heterocycles. The van der Waals surface area contributed by atoms with Gasteiger partial charge in [-0.1, -0.05) is 40.0 Å². The zero-order chi connectivity index (χ0) is 11.7. The average Bonchev–Trinajstić information content (AvgIpc) is 2.24. The van der Waals surface area contributed by atoms with Gasteiger partial charge >= 0.3 is 0 Å². The van der Waals surface area contributed by atoms with Crippen molar-refractivity contribution in [3.05, 3.63) is 0 Å². The lowest BCUT2D eigenvalue weighted by atomic mass is 10.0. The van der Waals surface area contributed by atoms with Crippen LogP contribution in [0.4, 0.5) is 0 Å². The van der Waals surface area contributed by atoms with Crippen LogP contribution < -0.4 is 11.1 Å². The topological polar surface area (TPSA) is 55.1 Å². The molecule has 2 atom stereocenters. The molecule has 90 valence electrons. The van der Waals surface area contributed by atoms with E-state index < -0.39 is 0 Å². The lowest BCUT2D eigenvalue weighted by molar-refractivity contribution is -0.125. The second kappa shape index (κ2) is 8.72. The van der Waals surface area contributed by atoms with Crippen LogP contribution in [0, 0.1) is 5.92 Å². The van der Waals surface area contributed by atoms with Crippen LogP contribution >= 0.6 is 0 Å². The van der Waals surface area contributed by atoms with Crippen molar-refractivity contribution in [1.82, 2.24) is 5.32 Å². The Kier molecular flexibility index (Phi) is 8.38. The van der Waals surface area contributed by atoms with E-state index in [9.17, 15) is 4.79 Å². The third-order valence-electron chi connectivity index (χ3n) is 2.69. The van der Waals surface area contributed by atoms with Gasteiger partial charge < -0.3 is 11.1 Å². The number of nitrogens with one attached hydrogen (secondary N) is 1. The van der Waals surface area contributed by atoms with Gasteiger partial charge in [0.05, 0.1) is 0 Å². The second-order valence-corrected chi connectivity index (χ2v) is 4.27. The molecule has 0 bridgehead atoms. The molecular weight excluding hydrogens is 188 g/mol. The Morgan fingerprint density at radius 2 is 1.93 bits per heavy atom. The molecule has 0 rings (SSSR count). The number of carbonyl (C=O) groups is 1. The fourth-order valence-corrected chi connectivity index (χ4v) is 1.54. The molecule has 0 aliphatic rings. The average molecular weight is 214 g/mol. The van der Waals surface area contributed by atoms with Gasteiger partial charge in [0.2, 0.25) is 5.91 Å². The summed E-state index contributed by atoms with van der Waals surface area (Å²) in [6, 6.07) is 0.344. The Morgan fingerprint density at radius 3 is 2.40 bits per heavy atom. The molecule has 0 aromatic heterocycles. The number of nitrogens with two attached hydrogens (primary N) is 1. The Hall–Kier alpha value is -0.570. The minimum absolute atomic E-state index is 0.0639. The van der Waals surface area contributed by atoms with E-state index in [1.54, 1.807) is 0 Å². The zero-order valence-electron chi connectivity index (χ0n) is 10.4. The molecule has 15 heavy (non-hydrogen) atoms. The molecule has 3 nitrogen and oxygen atoms in total. The summed E-state index contributed by atoms with van der Waals surface area (Å²) >= 11 is 0. The maximum Gasteiger partial charge on any atom is 0.224 e. The lowest BCUT2D eigenvalue weighted by Crippen LogP contribution is -2.40. The van der Waals surface area contributed by atoms with Crippen molar-refractivity contribution in [1.29, 1.82) is 0 Å². The Bertz CT molecular complexity index is 171. The highest BCUT2D eigenvalue weighted by molar-refractivity contribution is 5.78. The van der Waals surface area contributed by atoms with E-state index in [4.69, 9.17) is 5.73 Å². The SMILES string of the molecule is CCCCC(CCC)NC(=O)C(C)CN. The maximum atomic E-state index is 11.6. The minimum atomic E-state index is -0.0639. The molecule has 0 aliphatic heterocycles. The third kappa shape index (κ3) is 6.50. The van der Waals surface area contributed by atoms with Crippen molar-refractivity contribution in [2.45, 2.75) is 58.9 Å². The van der Waals surface area contributed by atoms with E-state index in [1.165, 1.54) is 12.8 Å². The van der Waals surface area contributed by atoms with E-state index in [0.717, 1.165) is 19.3 Å². The number of hydrogen-bond acceptors (Lipinski definition) is 2. The molecule has 0 aliphatic carbocycles. The predicted molar refractivity (Wildman–Crippen MR) is 64.6 cm³/mol. The van der Waals surface area contributed by atoms with Crippen LogP contribution in [0.2, 0.25) is 0 Å². The summed E-state index contributed by atoms with van der Waals surface area (Å²) in [5.41, 5.74) is 5.46. The Balaban J connectivity index is 3.97. The van der Waals surface area contributed by atoms with Crippen molar-refractivity contribution in [2.75, 3.05) is 6.54 Å². The molecule has 3 N–H and O–H groups in total. The normalized spacial score (nSPS) is 14.7. The van der Waals surface area contributed by atoms with Gasteiger partial charge in [0.25, 0.3) is 0 Å². The maximum absolute atomic E-state index is 11.6. The smallest absolute Gasteiger partial charge is 0.224 e. The first kappa shape index (κ1) is 14.4. The second-order valence-electron chi connectivity index (χ2n) is 4.27. The highest BCUT2D eigenvalue weighted by Crippen LogP contribution is 2.07. The number of hydrogen-bond donors (Lipinski definition) is 2.